The minimum absolute atomic E-state index is 0.416. The second kappa shape index (κ2) is 6.40. The summed E-state index contributed by atoms with van der Waals surface area (Å²) in [5.41, 5.74) is -0.0926. The molecule has 17 heavy (non-hydrogen) atoms. The normalized spacial score (nSPS) is 14.2. The van der Waals surface area contributed by atoms with Crippen LogP contribution in [-0.2, 0) is 16.0 Å². The Bertz CT molecular complexity index is 348. The van der Waals surface area contributed by atoms with Crippen LogP contribution in [0.15, 0.2) is 30.3 Å². The molecule has 0 heterocycles. The molecule has 0 spiro atoms. The molecule has 1 atom stereocenters. The smallest absolute Gasteiger partial charge is 0.336 e. The Morgan fingerprint density at radius 2 is 1.94 bits per heavy atom. The molecule has 0 aliphatic heterocycles. The van der Waals surface area contributed by atoms with E-state index in [1.807, 2.05) is 44.2 Å². The number of aliphatic carboxylic acids is 1. The lowest BCUT2D eigenvalue weighted by molar-refractivity contribution is -0.166. The third-order valence-corrected chi connectivity index (χ3v) is 2.88. The van der Waals surface area contributed by atoms with Crippen molar-refractivity contribution in [2.75, 3.05) is 6.61 Å². The molecule has 0 radical (unpaired) electrons. The van der Waals surface area contributed by atoms with Crippen LogP contribution in [-0.4, -0.2) is 23.3 Å². The van der Waals surface area contributed by atoms with E-state index in [9.17, 15) is 9.90 Å². The molecule has 0 aliphatic carbocycles. The lowest BCUT2D eigenvalue weighted by atomic mass is 9.91. The van der Waals surface area contributed by atoms with Crippen LogP contribution in [0.3, 0.4) is 0 Å². The molecular weight excluding hydrogens is 216 g/mol. The first kappa shape index (κ1) is 13.7. The maximum atomic E-state index is 11.4. The zero-order valence-corrected chi connectivity index (χ0v) is 10.5. The van der Waals surface area contributed by atoms with Crippen LogP contribution in [0, 0.1) is 0 Å². The predicted octanol–water partition coefficient (Wildman–Crippen LogP) is 2.89. The van der Waals surface area contributed by atoms with Crippen molar-refractivity contribution in [3.05, 3.63) is 35.9 Å². The first-order valence-electron chi connectivity index (χ1n) is 6.06. The minimum Gasteiger partial charge on any atom is -0.479 e. The highest BCUT2D eigenvalue weighted by Gasteiger charge is 2.37. The van der Waals surface area contributed by atoms with Gasteiger partial charge in [0.1, 0.15) is 0 Å². The Morgan fingerprint density at radius 3 is 2.41 bits per heavy atom. The molecule has 3 heteroatoms. The topological polar surface area (TPSA) is 46.5 Å². The second-order valence-electron chi connectivity index (χ2n) is 4.16. The Labute approximate surface area is 102 Å². The fourth-order valence-corrected chi connectivity index (χ4v) is 1.79. The fraction of sp³-hybridized carbons (Fsp3) is 0.500. The minimum atomic E-state index is -1.09. The van der Waals surface area contributed by atoms with Gasteiger partial charge in [0.25, 0.3) is 0 Å². The first-order valence-corrected chi connectivity index (χ1v) is 6.06. The van der Waals surface area contributed by atoms with E-state index in [1.54, 1.807) is 0 Å². The van der Waals surface area contributed by atoms with E-state index in [2.05, 4.69) is 0 Å². The average Bonchev–Trinajstić information content (AvgIpc) is 2.35. The molecule has 0 saturated carbocycles. The van der Waals surface area contributed by atoms with Gasteiger partial charge in [-0.15, -0.1) is 0 Å². The lowest BCUT2D eigenvalue weighted by Crippen LogP contribution is -2.43. The van der Waals surface area contributed by atoms with Crippen LogP contribution in [0.4, 0.5) is 0 Å². The first-order chi connectivity index (χ1) is 8.14. The number of hydrogen-bond donors (Lipinski definition) is 1. The molecule has 0 bridgehead atoms. The summed E-state index contributed by atoms with van der Waals surface area (Å²) in [6.45, 7) is 4.31. The second-order valence-corrected chi connectivity index (χ2v) is 4.16. The van der Waals surface area contributed by atoms with Gasteiger partial charge in [-0.3, -0.25) is 0 Å². The summed E-state index contributed by atoms with van der Waals surface area (Å²) in [5.74, 6) is -0.877. The van der Waals surface area contributed by atoms with E-state index in [-0.39, 0.29) is 0 Å². The van der Waals surface area contributed by atoms with Crippen molar-refractivity contribution >= 4 is 5.97 Å². The van der Waals surface area contributed by atoms with E-state index in [0.29, 0.717) is 19.4 Å². The maximum absolute atomic E-state index is 11.4. The summed E-state index contributed by atoms with van der Waals surface area (Å²) in [7, 11) is 0. The van der Waals surface area contributed by atoms with Gasteiger partial charge in [0.2, 0.25) is 0 Å². The molecule has 94 valence electrons. The van der Waals surface area contributed by atoms with E-state index < -0.39 is 11.6 Å². The Hall–Kier alpha value is -1.35. The van der Waals surface area contributed by atoms with Crippen molar-refractivity contribution in [3.8, 4) is 0 Å². The molecule has 1 aromatic carbocycles. The monoisotopic (exact) mass is 236 g/mol. The Morgan fingerprint density at radius 1 is 1.29 bits per heavy atom. The molecule has 0 amide bonds. The Kier molecular flexibility index (Phi) is 5.16. The van der Waals surface area contributed by atoms with Gasteiger partial charge < -0.3 is 9.84 Å². The van der Waals surface area contributed by atoms with Gasteiger partial charge >= 0.3 is 5.97 Å². The molecule has 3 nitrogen and oxygen atoms in total. The van der Waals surface area contributed by atoms with Crippen molar-refractivity contribution in [1.29, 1.82) is 0 Å². The maximum Gasteiger partial charge on any atom is 0.336 e. The van der Waals surface area contributed by atoms with Gasteiger partial charge in [-0.25, -0.2) is 4.79 Å². The van der Waals surface area contributed by atoms with Crippen LogP contribution >= 0.6 is 0 Å². The lowest BCUT2D eigenvalue weighted by Gasteiger charge is -2.28. The van der Waals surface area contributed by atoms with Crippen LogP contribution in [0.25, 0.3) is 0 Å². The SMILES string of the molecule is CCCOC(CC)(Cc1ccccc1)C(=O)O. The zero-order chi connectivity index (χ0) is 12.7. The number of carboxylic acid groups (broad SMARTS) is 1. The van der Waals surface area contributed by atoms with E-state index in [0.717, 1.165) is 12.0 Å². The fourth-order valence-electron chi connectivity index (χ4n) is 1.79. The van der Waals surface area contributed by atoms with Gasteiger partial charge in [0.05, 0.1) is 0 Å². The number of rotatable bonds is 7. The molecule has 1 unspecified atom stereocenters. The van der Waals surface area contributed by atoms with Crippen molar-refractivity contribution in [2.24, 2.45) is 0 Å². The summed E-state index contributed by atoms with van der Waals surface area (Å²) in [6, 6.07) is 9.62. The molecule has 0 aromatic heterocycles. The molecular formula is C14H20O3. The third-order valence-electron chi connectivity index (χ3n) is 2.88. The number of benzene rings is 1. The van der Waals surface area contributed by atoms with Gasteiger partial charge in [0.15, 0.2) is 5.60 Å². The predicted molar refractivity (Wildman–Crippen MR) is 67.0 cm³/mol. The van der Waals surface area contributed by atoms with Crippen LogP contribution < -0.4 is 0 Å². The highest BCUT2D eigenvalue weighted by Crippen LogP contribution is 2.23. The van der Waals surface area contributed by atoms with E-state index >= 15 is 0 Å². The van der Waals surface area contributed by atoms with Gasteiger partial charge in [-0.1, -0.05) is 44.2 Å². The number of hydrogen-bond acceptors (Lipinski definition) is 2. The average molecular weight is 236 g/mol. The molecule has 0 aliphatic rings. The summed E-state index contributed by atoms with van der Waals surface area (Å²) in [6.07, 6.45) is 1.71. The van der Waals surface area contributed by atoms with Crippen molar-refractivity contribution < 1.29 is 14.6 Å². The summed E-state index contributed by atoms with van der Waals surface area (Å²) < 4.78 is 5.59. The molecule has 0 fully saturated rings. The molecule has 0 saturated heterocycles. The van der Waals surface area contributed by atoms with Crippen LogP contribution in [0.1, 0.15) is 32.3 Å². The van der Waals surface area contributed by atoms with Gasteiger partial charge in [-0.05, 0) is 18.4 Å². The van der Waals surface area contributed by atoms with Gasteiger partial charge in [-0.2, -0.15) is 0 Å². The number of carbonyl (C=O) groups is 1. The zero-order valence-electron chi connectivity index (χ0n) is 10.5. The highest BCUT2D eigenvalue weighted by atomic mass is 16.5. The van der Waals surface area contributed by atoms with E-state index in [4.69, 9.17) is 4.74 Å². The molecule has 1 N–H and O–H groups in total. The van der Waals surface area contributed by atoms with Crippen LogP contribution in [0.5, 0.6) is 0 Å². The summed E-state index contributed by atoms with van der Waals surface area (Å²) in [4.78, 5) is 11.4. The van der Waals surface area contributed by atoms with Gasteiger partial charge in [0, 0.05) is 13.0 Å². The third kappa shape index (κ3) is 3.56. The largest absolute Gasteiger partial charge is 0.479 e. The quantitative estimate of drug-likeness (QED) is 0.791. The summed E-state index contributed by atoms with van der Waals surface area (Å²) in [5, 5.41) is 9.39. The number of carboxylic acids is 1. The van der Waals surface area contributed by atoms with Crippen molar-refractivity contribution in [3.63, 3.8) is 0 Å². The van der Waals surface area contributed by atoms with Crippen molar-refractivity contribution in [1.82, 2.24) is 0 Å². The standard InChI is InChI=1S/C14H20O3/c1-3-10-17-14(4-2,13(15)16)11-12-8-6-5-7-9-12/h5-9H,3-4,10-11H2,1-2H3,(H,15,16). The summed E-state index contributed by atoms with van der Waals surface area (Å²) >= 11 is 0. The number of ether oxygens (including phenoxy) is 1. The highest BCUT2D eigenvalue weighted by molar-refractivity contribution is 5.77. The molecule has 1 aromatic rings. The van der Waals surface area contributed by atoms with E-state index in [1.165, 1.54) is 0 Å². The molecule has 1 rings (SSSR count). The Balaban J connectivity index is 2.86. The van der Waals surface area contributed by atoms with Crippen molar-refractivity contribution in [2.45, 2.75) is 38.7 Å². The van der Waals surface area contributed by atoms with Crippen LogP contribution in [0.2, 0.25) is 0 Å².